The molecule has 4 heteroatoms. The molecule has 20 heavy (non-hydrogen) atoms. The Morgan fingerprint density at radius 2 is 2.05 bits per heavy atom. The summed E-state index contributed by atoms with van der Waals surface area (Å²) in [6.07, 6.45) is 4.52. The number of nitrogens with one attached hydrogen (secondary N) is 1. The number of anilines is 1. The molecule has 1 amide bonds. The minimum Gasteiger partial charge on any atom is -0.478 e. The SMILES string of the molecule is Cc1ccc(NC(=O)[C@@H]2C[C@H]3CC[C@H]2C3)c(C(=O)O)c1. The van der Waals surface area contributed by atoms with Crippen molar-refractivity contribution in [1.82, 2.24) is 0 Å². The lowest BCUT2D eigenvalue weighted by Crippen LogP contribution is -2.27. The summed E-state index contributed by atoms with van der Waals surface area (Å²) in [4.78, 5) is 23.6. The number of hydrogen-bond donors (Lipinski definition) is 2. The summed E-state index contributed by atoms with van der Waals surface area (Å²) in [5, 5.41) is 12.0. The van der Waals surface area contributed by atoms with Crippen LogP contribution >= 0.6 is 0 Å². The van der Waals surface area contributed by atoms with E-state index in [4.69, 9.17) is 0 Å². The van der Waals surface area contributed by atoms with Crippen LogP contribution in [0, 0.1) is 24.7 Å². The highest BCUT2D eigenvalue weighted by Crippen LogP contribution is 2.48. The summed E-state index contributed by atoms with van der Waals surface area (Å²) < 4.78 is 0. The lowest BCUT2D eigenvalue weighted by atomic mass is 9.88. The molecule has 2 aliphatic rings. The van der Waals surface area contributed by atoms with Crippen molar-refractivity contribution in [3.8, 4) is 0 Å². The van der Waals surface area contributed by atoms with E-state index in [0.717, 1.165) is 24.8 Å². The second kappa shape index (κ2) is 4.93. The molecule has 2 bridgehead atoms. The molecule has 2 saturated carbocycles. The predicted molar refractivity (Wildman–Crippen MR) is 75.7 cm³/mol. The lowest BCUT2D eigenvalue weighted by Gasteiger charge is -2.21. The molecule has 0 aromatic heterocycles. The molecule has 4 nitrogen and oxygen atoms in total. The van der Waals surface area contributed by atoms with Gasteiger partial charge in [-0.1, -0.05) is 18.1 Å². The number of carboxylic acid groups (broad SMARTS) is 1. The molecular formula is C16H19NO3. The summed E-state index contributed by atoms with van der Waals surface area (Å²) in [7, 11) is 0. The number of rotatable bonds is 3. The Bertz CT molecular complexity index is 567. The monoisotopic (exact) mass is 273 g/mol. The fraction of sp³-hybridized carbons (Fsp3) is 0.500. The zero-order chi connectivity index (χ0) is 14.3. The first-order chi connectivity index (χ1) is 9.54. The first-order valence-electron chi connectivity index (χ1n) is 7.19. The minimum atomic E-state index is -1.00. The molecule has 106 valence electrons. The van der Waals surface area contributed by atoms with Gasteiger partial charge in [0.15, 0.2) is 0 Å². The van der Waals surface area contributed by atoms with Gasteiger partial charge in [0.2, 0.25) is 5.91 Å². The Balaban J connectivity index is 1.78. The van der Waals surface area contributed by atoms with E-state index in [1.807, 2.05) is 13.0 Å². The van der Waals surface area contributed by atoms with Gasteiger partial charge < -0.3 is 10.4 Å². The molecule has 1 aromatic rings. The summed E-state index contributed by atoms with van der Waals surface area (Å²) >= 11 is 0. The number of carboxylic acids is 1. The van der Waals surface area contributed by atoms with Crippen LogP contribution < -0.4 is 5.32 Å². The Morgan fingerprint density at radius 3 is 2.65 bits per heavy atom. The summed E-state index contributed by atoms with van der Waals surface area (Å²) in [5.74, 6) is 0.253. The number of carbonyl (C=O) groups excluding carboxylic acids is 1. The molecule has 3 atom stereocenters. The third-order valence-electron chi connectivity index (χ3n) is 4.74. The van der Waals surface area contributed by atoms with Gasteiger partial charge in [-0.3, -0.25) is 4.79 Å². The number of aryl methyl sites for hydroxylation is 1. The third-order valence-corrected chi connectivity index (χ3v) is 4.74. The second-order valence-corrected chi connectivity index (χ2v) is 6.12. The largest absolute Gasteiger partial charge is 0.478 e. The number of hydrogen-bond acceptors (Lipinski definition) is 2. The Kier molecular flexibility index (Phi) is 3.24. The van der Waals surface area contributed by atoms with Crippen LogP contribution in [0.25, 0.3) is 0 Å². The van der Waals surface area contributed by atoms with Gasteiger partial charge in [0.1, 0.15) is 0 Å². The van der Waals surface area contributed by atoms with E-state index in [9.17, 15) is 14.7 Å². The van der Waals surface area contributed by atoms with Crippen molar-refractivity contribution in [2.75, 3.05) is 5.32 Å². The van der Waals surface area contributed by atoms with Crippen molar-refractivity contribution in [3.05, 3.63) is 29.3 Å². The van der Waals surface area contributed by atoms with Crippen LogP contribution in [0.15, 0.2) is 18.2 Å². The molecule has 0 unspecified atom stereocenters. The maximum Gasteiger partial charge on any atom is 0.337 e. The van der Waals surface area contributed by atoms with E-state index in [1.54, 1.807) is 12.1 Å². The zero-order valence-corrected chi connectivity index (χ0v) is 11.6. The van der Waals surface area contributed by atoms with E-state index in [0.29, 0.717) is 17.5 Å². The molecule has 2 aliphatic carbocycles. The molecule has 0 aliphatic heterocycles. The number of aromatic carboxylic acids is 1. The highest BCUT2D eigenvalue weighted by molar-refractivity contribution is 6.01. The van der Waals surface area contributed by atoms with Crippen molar-refractivity contribution in [3.63, 3.8) is 0 Å². The van der Waals surface area contributed by atoms with Gasteiger partial charge in [0.05, 0.1) is 11.3 Å². The molecule has 2 N–H and O–H groups in total. The average Bonchev–Trinajstić information content (AvgIpc) is 3.03. The smallest absolute Gasteiger partial charge is 0.337 e. The van der Waals surface area contributed by atoms with Crippen molar-refractivity contribution in [1.29, 1.82) is 0 Å². The fourth-order valence-corrected chi connectivity index (χ4v) is 3.74. The van der Waals surface area contributed by atoms with E-state index >= 15 is 0 Å². The van der Waals surface area contributed by atoms with Gasteiger partial charge in [0.25, 0.3) is 0 Å². The Morgan fingerprint density at radius 1 is 1.25 bits per heavy atom. The van der Waals surface area contributed by atoms with Crippen molar-refractivity contribution >= 4 is 17.6 Å². The summed E-state index contributed by atoms with van der Waals surface area (Å²) in [6.45, 7) is 1.84. The molecule has 0 spiro atoms. The van der Waals surface area contributed by atoms with Gasteiger partial charge in [-0.15, -0.1) is 0 Å². The van der Waals surface area contributed by atoms with E-state index in [-0.39, 0.29) is 17.4 Å². The Labute approximate surface area is 118 Å². The number of amides is 1. The van der Waals surface area contributed by atoms with E-state index in [2.05, 4.69) is 5.32 Å². The maximum atomic E-state index is 12.4. The molecular weight excluding hydrogens is 254 g/mol. The van der Waals surface area contributed by atoms with Crippen LogP contribution in [0.5, 0.6) is 0 Å². The second-order valence-electron chi connectivity index (χ2n) is 6.12. The molecule has 1 aromatic carbocycles. The molecule has 0 radical (unpaired) electrons. The highest BCUT2D eigenvalue weighted by Gasteiger charge is 2.43. The molecule has 0 saturated heterocycles. The standard InChI is InChI=1S/C16H19NO3/c1-9-2-5-14(13(6-9)16(19)20)17-15(18)12-8-10-3-4-11(12)7-10/h2,5-6,10-12H,3-4,7-8H2,1H3,(H,17,18)(H,19,20)/t10-,11-,12+/m0/s1. The van der Waals surface area contributed by atoms with Crippen LogP contribution in [-0.4, -0.2) is 17.0 Å². The molecule has 3 rings (SSSR count). The van der Waals surface area contributed by atoms with Crippen LogP contribution in [-0.2, 0) is 4.79 Å². The highest BCUT2D eigenvalue weighted by atomic mass is 16.4. The van der Waals surface area contributed by atoms with Crippen molar-refractivity contribution in [2.45, 2.75) is 32.6 Å². The van der Waals surface area contributed by atoms with Gasteiger partial charge in [-0.05, 0) is 50.2 Å². The van der Waals surface area contributed by atoms with Crippen molar-refractivity contribution < 1.29 is 14.7 Å². The van der Waals surface area contributed by atoms with E-state index in [1.165, 1.54) is 6.42 Å². The number of carbonyl (C=O) groups is 2. The summed E-state index contributed by atoms with van der Waals surface area (Å²) in [6, 6.07) is 5.10. The first kappa shape index (κ1) is 13.2. The van der Waals surface area contributed by atoms with Crippen LogP contribution in [0.4, 0.5) is 5.69 Å². The van der Waals surface area contributed by atoms with Crippen LogP contribution in [0.2, 0.25) is 0 Å². The van der Waals surface area contributed by atoms with Gasteiger partial charge in [0, 0.05) is 5.92 Å². The normalized spacial score (nSPS) is 27.6. The Hall–Kier alpha value is -1.84. The lowest BCUT2D eigenvalue weighted by molar-refractivity contribution is -0.121. The van der Waals surface area contributed by atoms with Crippen molar-refractivity contribution in [2.24, 2.45) is 17.8 Å². The van der Waals surface area contributed by atoms with Gasteiger partial charge in [-0.25, -0.2) is 4.79 Å². The first-order valence-corrected chi connectivity index (χ1v) is 7.19. The maximum absolute atomic E-state index is 12.4. The number of fused-ring (bicyclic) bond motifs is 2. The minimum absolute atomic E-state index is 0.0106. The van der Waals surface area contributed by atoms with Crippen LogP contribution in [0.1, 0.15) is 41.6 Å². The molecule has 0 heterocycles. The predicted octanol–water partition coefficient (Wildman–Crippen LogP) is 3.07. The third kappa shape index (κ3) is 2.30. The van der Waals surface area contributed by atoms with Crippen LogP contribution in [0.3, 0.4) is 0 Å². The summed E-state index contributed by atoms with van der Waals surface area (Å²) in [5.41, 5.74) is 1.46. The van der Waals surface area contributed by atoms with Gasteiger partial charge in [-0.2, -0.15) is 0 Å². The molecule has 2 fully saturated rings. The average molecular weight is 273 g/mol. The van der Waals surface area contributed by atoms with Gasteiger partial charge >= 0.3 is 5.97 Å². The topological polar surface area (TPSA) is 66.4 Å². The van der Waals surface area contributed by atoms with E-state index < -0.39 is 5.97 Å². The number of benzene rings is 1. The quantitative estimate of drug-likeness (QED) is 0.889. The fourth-order valence-electron chi connectivity index (χ4n) is 3.74. The zero-order valence-electron chi connectivity index (χ0n) is 11.6.